The van der Waals surface area contributed by atoms with Gasteiger partial charge >= 0.3 is 0 Å². The number of fused-ring (bicyclic) bond motifs is 1. The van der Waals surface area contributed by atoms with E-state index < -0.39 is 0 Å². The summed E-state index contributed by atoms with van der Waals surface area (Å²) in [7, 11) is 0. The zero-order valence-corrected chi connectivity index (χ0v) is 19.6. The molecule has 0 spiro atoms. The van der Waals surface area contributed by atoms with Crippen LogP contribution in [0.5, 0.6) is 11.5 Å². The minimum atomic E-state index is -0.327. The van der Waals surface area contributed by atoms with Crippen molar-refractivity contribution in [3.8, 4) is 22.8 Å². The summed E-state index contributed by atoms with van der Waals surface area (Å²) in [6.45, 7) is 4.75. The Balaban J connectivity index is 1.08. The van der Waals surface area contributed by atoms with E-state index >= 15 is 0 Å². The fourth-order valence-electron chi connectivity index (χ4n) is 4.39. The molecule has 0 aliphatic carbocycles. The molecular formula is C26H25N7O3. The number of carbonyl (C=O) groups is 1. The zero-order valence-electron chi connectivity index (χ0n) is 19.6. The van der Waals surface area contributed by atoms with Gasteiger partial charge in [-0.3, -0.25) is 14.8 Å². The molecule has 2 N–H and O–H groups in total. The van der Waals surface area contributed by atoms with Crippen molar-refractivity contribution in [3.63, 3.8) is 0 Å². The van der Waals surface area contributed by atoms with Crippen LogP contribution in [-0.4, -0.2) is 63.9 Å². The molecule has 2 aromatic carbocycles. The van der Waals surface area contributed by atoms with Gasteiger partial charge in [-0.05, 0) is 29.8 Å². The van der Waals surface area contributed by atoms with Gasteiger partial charge in [0.1, 0.15) is 23.7 Å². The van der Waals surface area contributed by atoms with Gasteiger partial charge in [0, 0.05) is 44.4 Å². The normalized spacial score (nSPS) is 15.2. The molecule has 4 heterocycles. The highest BCUT2D eigenvalue weighted by Crippen LogP contribution is 2.35. The predicted octanol–water partition coefficient (Wildman–Crippen LogP) is 3.17. The number of carbonyl (C=O) groups excluding carboxylic acids is 1. The molecule has 0 radical (unpaired) electrons. The van der Waals surface area contributed by atoms with Crippen molar-refractivity contribution in [2.75, 3.05) is 43.2 Å². The van der Waals surface area contributed by atoms with Crippen LogP contribution in [0.4, 0.5) is 11.6 Å². The Morgan fingerprint density at radius 3 is 2.64 bits per heavy atom. The minimum absolute atomic E-state index is 0.206. The summed E-state index contributed by atoms with van der Waals surface area (Å²) in [5.41, 5.74) is 3.11. The number of hydrogen-bond acceptors (Lipinski definition) is 8. The highest BCUT2D eigenvalue weighted by atomic mass is 16.7. The molecule has 36 heavy (non-hydrogen) atoms. The van der Waals surface area contributed by atoms with Crippen molar-refractivity contribution in [1.82, 2.24) is 25.1 Å². The number of amides is 1. The Kier molecular flexibility index (Phi) is 5.92. The van der Waals surface area contributed by atoms with Gasteiger partial charge in [0.2, 0.25) is 6.79 Å². The van der Waals surface area contributed by atoms with E-state index in [1.165, 1.54) is 11.9 Å². The van der Waals surface area contributed by atoms with Gasteiger partial charge in [-0.15, -0.1) is 0 Å². The molecule has 10 nitrogen and oxygen atoms in total. The zero-order chi connectivity index (χ0) is 24.3. The van der Waals surface area contributed by atoms with Gasteiger partial charge in [-0.25, -0.2) is 9.97 Å². The van der Waals surface area contributed by atoms with Crippen molar-refractivity contribution < 1.29 is 14.3 Å². The maximum atomic E-state index is 12.8. The van der Waals surface area contributed by atoms with Crippen LogP contribution in [0.25, 0.3) is 11.3 Å². The second kappa shape index (κ2) is 9.67. The van der Waals surface area contributed by atoms with Crippen LogP contribution in [0.15, 0.2) is 67.0 Å². The number of ether oxygens (including phenoxy) is 2. The lowest BCUT2D eigenvalue weighted by atomic mass is 10.1. The van der Waals surface area contributed by atoms with Crippen LogP contribution in [0.2, 0.25) is 0 Å². The second-order valence-electron chi connectivity index (χ2n) is 8.70. The van der Waals surface area contributed by atoms with E-state index in [4.69, 9.17) is 9.47 Å². The Labute approximate surface area is 207 Å². The van der Waals surface area contributed by atoms with Crippen LogP contribution in [-0.2, 0) is 6.54 Å². The van der Waals surface area contributed by atoms with Gasteiger partial charge in [0.05, 0.1) is 5.69 Å². The quantitative estimate of drug-likeness (QED) is 0.431. The molecule has 4 aromatic rings. The molecule has 0 atom stereocenters. The SMILES string of the molecule is O=C(Nc1cc(N2CCN(Cc3ccccc3)CC2)ncn1)c1cc(-c2ccc3c(c2)OCO3)n[nH]1. The first-order valence-corrected chi connectivity index (χ1v) is 11.8. The van der Waals surface area contributed by atoms with Crippen LogP contribution < -0.4 is 19.7 Å². The number of anilines is 2. The predicted molar refractivity (Wildman–Crippen MR) is 134 cm³/mol. The molecule has 0 bridgehead atoms. The van der Waals surface area contributed by atoms with E-state index in [-0.39, 0.29) is 12.7 Å². The van der Waals surface area contributed by atoms with E-state index in [0.29, 0.717) is 28.7 Å². The number of piperazine rings is 1. The number of nitrogens with zero attached hydrogens (tertiary/aromatic N) is 5. The lowest BCUT2D eigenvalue weighted by Gasteiger charge is -2.35. The summed E-state index contributed by atoms with van der Waals surface area (Å²) in [4.78, 5) is 26.2. The molecule has 6 rings (SSSR count). The van der Waals surface area contributed by atoms with Crippen LogP contribution in [0.3, 0.4) is 0 Å². The molecule has 10 heteroatoms. The second-order valence-corrected chi connectivity index (χ2v) is 8.70. The molecule has 2 aliphatic rings. The molecule has 1 amide bonds. The first kappa shape index (κ1) is 22.1. The van der Waals surface area contributed by atoms with Gasteiger partial charge in [0.15, 0.2) is 11.5 Å². The summed E-state index contributed by atoms with van der Waals surface area (Å²) in [5, 5.41) is 9.92. The number of rotatable bonds is 6. The summed E-state index contributed by atoms with van der Waals surface area (Å²) in [6.07, 6.45) is 1.48. The first-order valence-electron chi connectivity index (χ1n) is 11.8. The molecule has 0 unspecified atom stereocenters. The van der Waals surface area contributed by atoms with Crippen molar-refractivity contribution in [3.05, 3.63) is 78.2 Å². The first-order chi connectivity index (χ1) is 17.7. The Hall–Kier alpha value is -4.44. The fourth-order valence-corrected chi connectivity index (χ4v) is 4.39. The smallest absolute Gasteiger partial charge is 0.274 e. The van der Waals surface area contributed by atoms with E-state index in [1.807, 2.05) is 24.3 Å². The summed E-state index contributed by atoms with van der Waals surface area (Å²) >= 11 is 0. The lowest BCUT2D eigenvalue weighted by molar-refractivity contribution is 0.102. The Morgan fingerprint density at radius 1 is 0.944 bits per heavy atom. The number of aromatic amines is 1. The third-order valence-electron chi connectivity index (χ3n) is 6.33. The molecule has 2 aromatic heterocycles. The maximum Gasteiger partial charge on any atom is 0.274 e. The van der Waals surface area contributed by atoms with Gasteiger partial charge in [-0.1, -0.05) is 30.3 Å². The monoisotopic (exact) mass is 483 g/mol. The van der Waals surface area contributed by atoms with Gasteiger partial charge in [0.25, 0.3) is 5.91 Å². The third kappa shape index (κ3) is 4.71. The van der Waals surface area contributed by atoms with E-state index in [2.05, 4.69) is 59.5 Å². The lowest BCUT2D eigenvalue weighted by Crippen LogP contribution is -2.46. The van der Waals surface area contributed by atoms with Gasteiger partial charge in [-0.2, -0.15) is 5.10 Å². The molecular weight excluding hydrogens is 458 g/mol. The van der Waals surface area contributed by atoms with Crippen LogP contribution in [0.1, 0.15) is 16.1 Å². The molecule has 0 saturated carbocycles. The van der Waals surface area contributed by atoms with Crippen LogP contribution in [0, 0.1) is 0 Å². The Bertz CT molecular complexity index is 1370. The number of hydrogen-bond donors (Lipinski definition) is 2. The van der Waals surface area contributed by atoms with Crippen molar-refractivity contribution in [1.29, 1.82) is 0 Å². The summed E-state index contributed by atoms with van der Waals surface area (Å²) in [5.74, 6) is 2.27. The topological polar surface area (TPSA) is 108 Å². The van der Waals surface area contributed by atoms with E-state index in [9.17, 15) is 4.79 Å². The fraction of sp³-hybridized carbons (Fsp3) is 0.231. The molecule has 1 fully saturated rings. The van der Waals surface area contributed by atoms with Crippen molar-refractivity contribution in [2.24, 2.45) is 0 Å². The molecule has 1 saturated heterocycles. The molecule has 182 valence electrons. The molecule has 2 aliphatic heterocycles. The van der Waals surface area contributed by atoms with Crippen molar-refractivity contribution in [2.45, 2.75) is 6.54 Å². The van der Waals surface area contributed by atoms with E-state index in [0.717, 1.165) is 44.1 Å². The van der Waals surface area contributed by atoms with E-state index in [1.54, 1.807) is 12.1 Å². The largest absolute Gasteiger partial charge is 0.454 e. The highest BCUT2D eigenvalue weighted by molar-refractivity contribution is 6.03. The van der Waals surface area contributed by atoms with Crippen LogP contribution >= 0.6 is 0 Å². The van der Waals surface area contributed by atoms with Gasteiger partial charge < -0.3 is 19.7 Å². The maximum absolute atomic E-state index is 12.8. The average molecular weight is 484 g/mol. The third-order valence-corrected chi connectivity index (χ3v) is 6.33. The minimum Gasteiger partial charge on any atom is -0.454 e. The summed E-state index contributed by atoms with van der Waals surface area (Å²) < 4.78 is 10.8. The number of nitrogens with one attached hydrogen (secondary N) is 2. The van der Waals surface area contributed by atoms with Crippen molar-refractivity contribution >= 4 is 17.5 Å². The standard InChI is InChI=1S/C26H25N7O3/c34-26(21-13-20(30-31-21)19-6-7-22-23(12-19)36-17-35-22)29-24-14-25(28-16-27-24)33-10-8-32(9-11-33)15-18-4-2-1-3-5-18/h1-7,12-14,16H,8-11,15,17H2,(H,30,31)(H,27,28,29,34). The number of benzene rings is 2. The number of H-pyrrole nitrogens is 1. The average Bonchev–Trinajstić information content (AvgIpc) is 3.60. The Morgan fingerprint density at radius 2 is 1.78 bits per heavy atom. The summed E-state index contributed by atoms with van der Waals surface area (Å²) in [6, 6.07) is 19.5. The highest BCUT2D eigenvalue weighted by Gasteiger charge is 2.20. The number of aromatic nitrogens is 4.